The van der Waals surface area contributed by atoms with Crippen LogP contribution in [0.5, 0.6) is 0 Å². The fourth-order valence-corrected chi connectivity index (χ4v) is 8.58. The van der Waals surface area contributed by atoms with E-state index >= 15 is 0 Å². The molecule has 36 heavy (non-hydrogen) atoms. The molecule has 0 aromatic rings. The third kappa shape index (κ3) is 6.71. The Labute approximate surface area is 225 Å². The minimum absolute atomic E-state index is 0. The van der Waals surface area contributed by atoms with E-state index in [-0.39, 0.29) is 13.6 Å². The van der Waals surface area contributed by atoms with Crippen LogP contribution in [0.25, 0.3) is 0 Å². The predicted molar refractivity (Wildman–Crippen MR) is 155 cm³/mol. The van der Waals surface area contributed by atoms with Gasteiger partial charge in [-0.15, -0.1) is 0 Å². The summed E-state index contributed by atoms with van der Waals surface area (Å²) in [6.45, 7) is 17.1. The van der Waals surface area contributed by atoms with Crippen molar-refractivity contribution in [1.82, 2.24) is 5.32 Å². The molecule has 3 fully saturated rings. The Morgan fingerprint density at radius 1 is 1.08 bits per heavy atom. The second-order valence-electron chi connectivity index (χ2n) is 13.7. The highest BCUT2D eigenvalue weighted by Gasteiger charge is 2.54. The lowest BCUT2D eigenvalue weighted by molar-refractivity contribution is -0.0306. The van der Waals surface area contributed by atoms with Gasteiger partial charge < -0.3 is 10.1 Å². The number of ether oxygens (including phenoxy) is 1. The summed E-state index contributed by atoms with van der Waals surface area (Å²) < 4.78 is 5.71. The van der Waals surface area contributed by atoms with E-state index in [0.29, 0.717) is 17.4 Å². The van der Waals surface area contributed by atoms with Gasteiger partial charge in [-0.1, -0.05) is 98.1 Å². The van der Waals surface area contributed by atoms with Crippen LogP contribution in [0.2, 0.25) is 0 Å². The fourth-order valence-electron chi connectivity index (χ4n) is 8.58. The number of fused-ring (bicyclic) bond motifs is 5. The van der Waals surface area contributed by atoms with E-state index in [1.54, 1.807) is 5.57 Å². The molecule has 4 aliphatic carbocycles. The van der Waals surface area contributed by atoms with E-state index < -0.39 is 0 Å². The van der Waals surface area contributed by atoms with Crippen LogP contribution in [0.3, 0.4) is 0 Å². The number of rotatable bonds is 6. The number of carbonyl (C=O) groups excluding carboxylic acids is 1. The minimum Gasteiger partial charge on any atom is -0.446 e. The topological polar surface area (TPSA) is 38.3 Å². The van der Waals surface area contributed by atoms with Gasteiger partial charge in [0.1, 0.15) is 6.10 Å². The molecule has 0 aliphatic heterocycles. The van der Waals surface area contributed by atoms with E-state index in [1.165, 1.54) is 77.0 Å². The summed E-state index contributed by atoms with van der Waals surface area (Å²) in [6.07, 6.45) is 21.0. The molecule has 4 rings (SSSR count). The Morgan fingerprint density at radius 2 is 1.83 bits per heavy atom. The zero-order valence-corrected chi connectivity index (χ0v) is 25.0. The standard InChI is InChI=1S/C25H41NO2.C8H18.H2/c1-5-26-23(27)28-19-13-15-25(4)18(16-19)11-12-20-21-9-6-8-17(2)24(21,3)14-7-10-22(20)25;1-4-5-6-7-8(2)3;/h11,17,19-22H,5-10,12-16H2,1-4H3,(H,26,27);8H,4-7H2,1-3H3;1H/t17?,19-,20?,21?,22?,24+,25-;;/m1../s1. The molecule has 3 saturated carbocycles. The molecular formula is C33H61NO2. The third-order valence-electron chi connectivity index (χ3n) is 11.0. The zero-order chi connectivity index (χ0) is 26.3. The first-order chi connectivity index (χ1) is 17.2. The molecule has 0 bridgehead atoms. The van der Waals surface area contributed by atoms with Crippen LogP contribution in [0.15, 0.2) is 11.6 Å². The van der Waals surface area contributed by atoms with Crippen LogP contribution in [-0.4, -0.2) is 18.7 Å². The average molecular weight is 504 g/mol. The van der Waals surface area contributed by atoms with Gasteiger partial charge in [0.2, 0.25) is 0 Å². The Morgan fingerprint density at radius 3 is 2.53 bits per heavy atom. The smallest absolute Gasteiger partial charge is 0.407 e. The van der Waals surface area contributed by atoms with Gasteiger partial charge in [0.15, 0.2) is 0 Å². The maximum absolute atomic E-state index is 11.9. The van der Waals surface area contributed by atoms with Gasteiger partial charge >= 0.3 is 6.09 Å². The van der Waals surface area contributed by atoms with Gasteiger partial charge in [-0.3, -0.25) is 0 Å². The summed E-state index contributed by atoms with van der Waals surface area (Å²) in [5.41, 5.74) is 2.48. The number of allylic oxidation sites excluding steroid dienone is 1. The number of alkyl carbamates (subject to hydrolysis) is 1. The van der Waals surface area contributed by atoms with E-state index in [2.05, 4.69) is 52.9 Å². The predicted octanol–water partition coefficient (Wildman–Crippen LogP) is 9.95. The summed E-state index contributed by atoms with van der Waals surface area (Å²) >= 11 is 0. The molecule has 1 N–H and O–H groups in total. The molecule has 1 amide bonds. The quantitative estimate of drug-likeness (QED) is 0.289. The Hall–Kier alpha value is -0.990. The van der Waals surface area contributed by atoms with Crippen molar-refractivity contribution in [2.24, 2.45) is 40.4 Å². The number of carbonyl (C=O) groups is 1. The average Bonchev–Trinajstić information content (AvgIpc) is 2.98. The zero-order valence-electron chi connectivity index (χ0n) is 25.0. The maximum Gasteiger partial charge on any atom is 0.407 e. The van der Waals surface area contributed by atoms with E-state index in [0.717, 1.165) is 42.4 Å². The Kier molecular flexibility index (Phi) is 10.8. The van der Waals surface area contributed by atoms with Crippen molar-refractivity contribution in [3.05, 3.63) is 11.6 Å². The van der Waals surface area contributed by atoms with E-state index in [1.807, 2.05) is 6.92 Å². The second-order valence-corrected chi connectivity index (χ2v) is 13.7. The Balaban J connectivity index is 0.000000467. The number of hydrogen-bond acceptors (Lipinski definition) is 2. The second kappa shape index (κ2) is 13.2. The SMILES string of the molecule is CCCCCC(C)C.CCNC(=O)O[C@@H]1CC[C@]2(C)C(=CCC3C4CCCC(C)[C@]4(C)CCCC32)C1.[HH]. The van der Waals surface area contributed by atoms with Crippen molar-refractivity contribution < 1.29 is 11.0 Å². The summed E-state index contributed by atoms with van der Waals surface area (Å²) in [4.78, 5) is 11.9. The van der Waals surface area contributed by atoms with Gasteiger partial charge in [-0.05, 0) is 85.9 Å². The van der Waals surface area contributed by atoms with Crippen molar-refractivity contribution in [1.29, 1.82) is 0 Å². The van der Waals surface area contributed by atoms with E-state index in [4.69, 9.17) is 4.74 Å². The molecule has 4 aliphatic rings. The molecular weight excluding hydrogens is 442 g/mol. The van der Waals surface area contributed by atoms with Gasteiger partial charge in [0.05, 0.1) is 0 Å². The molecule has 0 aromatic carbocycles. The van der Waals surface area contributed by atoms with Crippen LogP contribution in [0.1, 0.15) is 140 Å². The number of unbranched alkanes of at least 4 members (excludes halogenated alkanes) is 2. The molecule has 0 spiro atoms. The molecule has 7 atom stereocenters. The molecule has 4 unspecified atom stereocenters. The summed E-state index contributed by atoms with van der Waals surface area (Å²) in [5, 5.41) is 2.79. The number of amides is 1. The summed E-state index contributed by atoms with van der Waals surface area (Å²) in [5.74, 6) is 4.38. The van der Waals surface area contributed by atoms with Gasteiger partial charge in [0, 0.05) is 14.4 Å². The summed E-state index contributed by atoms with van der Waals surface area (Å²) in [6, 6.07) is 0. The number of nitrogens with one attached hydrogen (secondary N) is 1. The van der Waals surface area contributed by atoms with Crippen molar-refractivity contribution in [2.75, 3.05) is 6.54 Å². The normalized spacial score (nSPS) is 37.8. The third-order valence-corrected chi connectivity index (χ3v) is 11.0. The molecule has 3 nitrogen and oxygen atoms in total. The van der Waals surface area contributed by atoms with Crippen LogP contribution >= 0.6 is 0 Å². The summed E-state index contributed by atoms with van der Waals surface area (Å²) in [7, 11) is 0. The van der Waals surface area contributed by atoms with Crippen molar-refractivity contribution in [2.45, 2.75) is 144 Å². The lowest BCUT2D eigenvalue weighted by atomic mass is 9.50. The highest BCUT2D eigenvalue weighted by molar-refractivity contribution is 5.67. The van der Waals surface area contributed by atoms with Crippen LogP contribution in [0.4, 0.5) is 4.79 Å². The Bertz CT molecular complexity index is 736. The van der Waals surface area contributed by atoms with Crippen molar-refractivity contribution >= 4 is 6.09 Å². The van der Waals surface area contributed by atoms with Crippen LogP contribution < -0.4 is 5.32 Å². The molecule has 3 heteroatoms. The van der Waals surface area contributed by atoms with Gasteiger partial charge in [-0.2, -0.15) is 0 Å². The highest BCUT2D eigenvalue weighted by Crippen LogP contribution is 2.63. The molecule has 0 aromatic heterocycles. The molecule has 0 radical (unpaired) electrons. The largest absolute Gasteiger partial charge is 0.446 e. The van der Waals surface area contributed by atoms with E-state index in [9.17, 15) is 4.79 Å². The number of hydrogen-bond donors (Lipinski definition) is 1. The monoisotopic (exact) mass is 503 g/mol. The molecule has 210 valence electrons. The van der Waals surface area contributed by atoms with Crippen LogP contribution in [-0.2, 0) is 4.74 Å². The minimum atomic E-state index is -0.244. The molecule has 0 saturated heterocycles. The van der Waals surface area contributed by atoms with Crippen LogP contribution in [0, 0.1) is 40.4 Å². The van der Waals surface area contributed by atoms with Crippen molar-refractivity contribution in [3.8, 4) is 0 Å². The van der Waals surface area contributed by atoms with Gasteiger partial charge in [-0.25, -0.2) is 4.79 Å². The lowest BCUT2D eigenvalue weighted by Gasteiger charge is -2.55. The van der Waals surface area contributed by atoms with Gasteiger partial charge in [0.25, 0.3) is 0 Å². The lowest BCUT2D eigenvalue weighted by Crippen LogP contribution is -2.48. The first-order valence-electron chi connectivity index (χ1n) is 15.8. The highest BCUT2D eigenvalue weighted by atomic mass is 16.6. The fraction of sp³-hybridized carbons (Fsp3) is 0.909. The maximum atomic E-state index is 11.9. The first-order valence-corrected chi connectivity index (χ1v) is 15.8. The van der Waals surface area contributed by atoms with Crippen molar-refractivity contribution in [3.63, 3.8) is 0 Å². The first kappa shape index (κ1) is 29.6. The molecule has 0 heterocycles.